The fraction of sp³-hybridized carbons (Fsp3) is 0.500. The summed E-state index contributed by atoms with van der Waals surface area (Å²) in [6.45, 7) is 3.76. The highest BCUT2D eigenvalue weighted by Crippen LogP contribution is 2.10. The maximum Gasteiger partial charge on any atom is 0.308 e. The second-order valence-corrected chi connectivity index (χ2v) is 2.95. The van der Waals surface area contributed by atoms with E-state index in [-0.39, 0.29) is 0 Å². The minimum atomic E-state index is -0.668. The molecule has 5 heteroatoms. The number of nitrogens with zero attached hydrogens (tertiary/aromatic N) is 3. The second kappa shape index (κ2) is 3.66. The molecule has 0 aliphatic carbocycles. The molecule has 0 spiro atoms. The normalized spacial score (nSPS) is 17.5. The third-order valence-corrected chi connectivity index (χ3v) is 2.09. The van der Waals surface area contributed by atoms with Gasteiger partial charge in [0.25, 0.3) is 0 Å². The first-order valence-electron chi connectivity index (χ1n) is 4.29. The van der Waals surface area contributed by atoms with E-state index in [1.807, 2.05) is 0 Å². The van der Waals surface area contributed by atoms with E-state index < -0.39 is 6.08 Å². The minimum absolute atomic E-state index is 0.668. The molecule has 1 aliphatic rings. The van der Waals surface area contributed by atoms with Crippen LogP contribution in [0.5, 0.6) is 0 Å². The Labute approximate surface area is 75.8 Å². The predicted octanol–water partition coefficient (Wildman–Crippen LogP) is 0.0253. The first kappa shape index (κ1) is 8.37. The van der Waals surface area contributed by atoms with Crippen LogP contribution in [0.3, 0.4) is 0 Å². The summed E-state index contributed by atoms with van der Waals surface area (Å²) in [7, 11) is 0. The summed E-state index contributed by atoms with van der Waals surface area (Å²) in [5.74, 6) is 0. The van der Waals surface area contributed by atoms with Gasteiger partial charge in [-0.05, 0) is 0 Å². The number of anilines is 1. The lowest BCUT2D eigenvalue weighted by molar-refractivity contribution is 0.535. The maximum absolute atomic E-state index is 12.4. The van der Waals surface area contributed by atoms with Crippen LogP contribution >= 0.6 is 0 Å². The van der Waals surface area contributed by atoms with Crippen molar-refractivity contribution in [2.24, 2.45) is 0 Å². The molecule has 0 unspecified atom stereocenters. The summed E-state index contributed by atoms with van der Waals surface area (Å²) in [6.07, 6.45) is 2.38. The van der Waals surface area contributed by atoms with E-state index in [0.29, 0.717) is 0 Å². The Morgan fingerprint density at radius 2 is 1.85 bits per heavy atom. The topological polar surface area (TPSA) is 41.1 Å². The van der Waals surface area contributed by atoms with Crippen LogP contribution in [-0.2, 0) is 0 Å². The average molecular weight is 182 g/mol. The van der Waals surface area contributed by atoms with E-state index in [1.165, 1.54) is 12.4 Å². The molecule has 70 valence electrons. The van der Waals surface area contributed by atoms with Gasteiger partial charge in [-0.15, -0.1) is 0 Å². The number of rotatable bonds is 1. The third kappa shape index (κ3) is 1.92. The van der Waals surface area contributed by atoms with Crippen LogP contribution < -0.4 is 10.2 Å². The lowest BCUT2D eigenvalue weighted by atomic mass is 10.3. The zero-order valence-electron chi connectivity index (χ0n) is 7.20. The first-order valence-corrected chi connectivity index (χ1v) is 4.29. The van der Waals surface area contributed by atoms with Gasteiger partial charge in [-0.25, -0.2) is 9.97 Å². The summed E-state index contributed by atoms with van der Waals surface area (Å²) in [5, 5.41) is 3.24. The smallest absolute Gasteiger partial charge is 0.308 e. The molecule has 0 bridgehead atoms. The fourth-order valence-electron chi connectivity index (χ4n) is 1.39. The molecule has 1 aromatic heterocycles. The molecule has 1 aromatic rings. The Morgan fingerprint density at radius 3 is 2.46 bits per heavy atom. The Kier molecular flexibility index (Phi) is 2.35. The predicted molar refractivity (Wildman–Crippen MR) is 47.1 cm³/mol. The number of piperazine rings is 1. The van der Waals surface area contributed by atoms with Crippen molar-refractivity contribution in [2.75, 3.05) is 31.1 Å². The van der Waals surface area contributed by atoms with Gasteiger partial charge in [-0.3, -0.25) is 0 Å². The Hall–Kier alpha value is -1.23. The van der Waals surface area contributed by atoms with E-state index in [2.05, 4.69) is 20.2 Å². The van der Waals surface area contributed by atoms with E-state index >= 15 is 0 Å². The molecule has 0 saturated carbocycles. The highest BCUT2D eigenvalue weighted by atomic mass is 19.1. The summed E-state index contributed by atoms with van der Waals surface area (Å²) >= 11 is 0. The fourth-order valence-corrected chi connectivity index (χ4v) is 1.39. The molecule has 0 atom stereocenters. The van der Waals surface area contributed by atoms with Crippen LogP contribution in [0, 0.1) is 6.08 Å². The third-order valence-electron chi connectivity index (χ3n) is 2.09. The van der Waals surface area contributed by atoms with Crippen LogP contribution in [0.15, 0.2) is 12.4 Å². The van der Waals surface area contributed by atoms with Gasteiger partial charge < -0.3 is 10.2 Å². The van der Waals surface area contributed by atoms with Gasteiger partial charge in [0.1, 0.15) is 0 Å². The number of halogens is 1. The number of aromatic nitrogens is 2. The first-order chi connectivity index (χ1) is 6.36. The Balaban J connectivity index is 2.10. The molecular weight excluding hydrogens is 171 g/mol. The minimum Gasteiger partial charge on any atom is -0.366 e. The summed E-state index contributed by atoms with van der Waals surface area (Å²) in [5.41, 5.74) is 0.892. The van der Waals surface area contributed by atoms with Crippen molar-refractivity contribution >= 4 is 5.69 Å². The molecule has 13 heavy (non-hydrogen) atoms. The van der Waals surface area contributed by atoms with E-state index in [9.17, 15) is 4.39 Å². The zero-order chi connectivity index (χ0) is 9.10. The van der Waals surface area contributed by atoms with Gasteiger partial charge >= 0.3 is 6.08 Å². The van der Waals surface area contributed by atoms with Crippen LogP contribution in [-0.4, -0.2) is 36.1 Å². The molecule has 1 fully saturated rings. The highest BCUT2D eigenvalue weighted by molar-refractivity contribution is 5.41. The average Bonchev–Trinajstić information content (AvgIpc) is 2.20. The maximum atomic E-state index is 12.4. The largest absolute Gasteiger partial charge is 0.366 e. The van der Waals surface area contributed by atoms with Crippen molar-refractivity contribution in [3.05, 3.63) is 18.5 Å². The zero-order valence-corrected chi connectivity index (χ0v) is 7.20. The van der Waals surface area contributed by atoms with Gasteiger partial charge in [0, 0.05) is 26.2 Å². The number of hydrogen-bond acceptors (Lipinski definition) is 4. The van der Waals surface area contributed by atoms with Crippen LogP contribution in [0.4, 0.5) is 10.1 Å². The second-order valence-electron chi connectivity index (χ2n) is 2.95. The summed E-state index contributed by atoms with van der Waals surface area (Å²) in [4.78, 5) is 9.16. The van der Waals surface area contributed by atoms with Crippen molar-refractivity contribution in [1.82, 2.24) is 15.3 Å². The monoisotopic (exact) mass is 182 g/mol. The lowest BCUT2D eigenvalue weighted by Gasteiger charge is -2.28. The van der Waals surface area contributed by atoms with Crippen molar-refractivity contribution in [1.29, 1.82) is 0 Å². The molecule has 1 N–H and O–H groups in total. The van der Waals surface area contributed by atoms with Crippen molar-refractivity contribution < 1.29 is 4.39 Å². The molecule has 2 heterocycles. The molecule has 0 amide bonds. The van der Waals surface area contributed by atoms with Gasteiger partial charge in [0.2, 0.25) is 0 Å². The molecule has 2 rings (SSSR count). The molecule has 1 aliphatic heterocycles. The van der Waals surface area contributed by atoms with E-state index in [0.717, 1.165) is 31.9 Å². The Bertz CT molecular complexity index is 268. The van der Waals surface area contributed by atoms with Gasteiger partial charge in [-0.2, -0.15) is 4.39 Å². The van der Waals surface area contributed by atoms with E-state index in [1.54, 1.807) is 0 Å². The number of nitrogens with one attached hydrogen (secondary N) is 1. The molecular formula is C8H11FN4. The summed E-state index contributed by atoms with van der Waals surface area (Å²) < 4.78 is 12.4. The standard InChI is InChI=1S/C8H11FN4/c9-8-11-5-7(6-12-8)13-3-1-10-2-4-13/h5-6,10H,1-4H2. The molecule has 1 saturated heterocycles. The molecule has 0 aromatic carbocycles. The molecule has 4 nitrogen and oxygen atoms in total. The van der Waals surface area contributed by atoms with E-state index in [4.69, 9.17) is 0 Å². The highest BCUT2D eigenvalue weighted by Gasteiger charge is 2.10. The van der Waals surface area contributed by atoms with Crippen LogP contribution in [0.1, 0.15) is 0 Å². The number of hydrogen-bond donors (Lipinski definition) is 1. The molecule has 0 radical (unpaired) electrons. The quantitative estimate of drug-likeness (QED) is 0.622. The van der Waals surface area contributed by atoms with Crippen LogP contribution in [0.2, 0.25) is 0 Å². The van der Waals surface area contributed by atoms with Gasteiger partial charge in [0.15, 0.2) is 0 Å². The van der Waals surface area contributed by atoms with Crippen molar-refractivity contribution in [3.63, 3.8) is 0 Å². The lowest BCUT2D eigenvalue weighted by Crippen LogP contribution is -2.43. The summed E-state index contributed by atoms with van der Waals surface area (Å²) in [6, 6.07) is 0. The SMILES string of the molecule is Fc1ncc(N2CCNCC2)cn1. The Morgan fingerprint density at radius 1 is 1.23 bits per heavy atom. The van der Waals surface area contributed by atoms with Gasteiger partial charge in [-0.1, -0.05) is 0 Å². The van der Waals surface area contributed by atoms with Crippen LogP contribution in [0.25, 0.3) is 0 Å². The van der Waals surface area contributed by atoms with Crippen molar-refractivity contribution in [3.8, 4) is 0 Å². The van der Waals surface area contributed by atoms with Gasteiger partial charge in [0.05, 0.1) is 18.1 Å². The van der Waals surface area contributed by atoms with Crippen molar-refractivity contribution in [2.45, 2.75) is 0 Å².